The number of amides is 1. The van der Waals surface area contributed by atoms with Crippen LogP contribution in [0, 0.1) is 0 Å². The van der Waals surface area contributed by atoms with Crippen molar-refractivity contribution in [1.82, 2.24) is 9.97 Å². The van der Waals surface area contributed by atoms with Crippen LogP contribution in [0.15, 0.2) is 66.9 Å². The first-order chi connectivity index (χ1) is 12.2. The quantitative estimate of drug-likeness (QED) is 0.702. The molecule has 0 aliphatic carbocycles. The summed E-state index contributed by atoms with van der Waals surface area (Å²) in [4.78, 5) is 20.7. The van der Waals surface area contributed by atoms with Gasteiger partial charge in [-0.15, -0.1) is 0 Å². The van der Waals surface area contributed by atoms with E-state index in [4.69, 9.17) is 11.6 Å². The molecule has 0 unspecified atom stereocenters. The molecule has 0 radical (unpaired) electrons. The molecule has 126 valence electrons. The van der Waals surface area contributed by atoms with E-state index >= 15 is 0 Å². The molecule has 3 aromatic rings. The SMILES string of the molecule is O=C(Nc1ccc(Cl)cc1)c1ccnc(NCCc2ccccc2)n1. The number of halogens is 1. The molecule has 0 bridgehead atoms. The highest BCUT2D eigenvalue weighted by atomic mass is 35.5. The summed E-state index contributed by atoms with van der Waals surface area (Å²) in [6, 6.07) is 18.6. The number of nitrogens with zero attached hydrogens (tertiary/aromatic N) is 2. The Morgan fingerprint density at radius 2 is 1.76 bits per heavy atom. The van der Waals surface area contributed by atoms with Crippen LogP contribution in [0.2, 0.25) is 5.02 Å². The van der Waals surface area contributed by atoms with Crippen LogP contribution in [-0.2, 0) is 6.42 Å². The lowest BCUT2D eigenvalue weighted by atomic mass is 10.1. The number of hydrogen-bond acceptors (Lipinski definition) is 4. The van der Waals surface area contributed by atoms with Gasteiger partial charge in [0.1, 0.15) is 5.69 Å². The van der Waals surface area contributed by atoms with Gasteiger partial charge in [0, 0.05) is 23.5 Å². The summed E-state index contributed by atoms with van der Waals surface area (Å²) in [6.45, 7) is 0.687. The zero-order valence-corrected chi connectivity index (χ0v) is 14.2. The molecule has 0 fully saturated rings. The molecule has 3 rings (SSSR count). The van der Waals surface area contributed by atoms with Crippen molar-refractivity contribution in [3.05, 3.63) is 83.1 Å². The number of anilines is 2. The molecular weight excluding hydrogens is 336 g/mol. The fourth-order valence-corrected chi connectivity index (χ4v) is 2.39. The number of aromatic nitrogens is 2. The van der Waals surface area contributed by atoms with Crippen molar-refractivity contribution in [3.63, 3.8) is 0 Å². The third kappa shape index (κ3) is 5.02. The highest BCUT2D eigenvalue weighted by molar-refractivity contribution is 6.30. The highest BCUT2D eigenvalue weighted by Gasteiger charge is 2.09. The topological polar surface area (TPSA) is 66.9 Å². The van der Waals surface area contributed by atoms with Crippen LogP contribution in [0.5, 0.6) is 0 Å². The van der Waals surface area contributed by atoms with E-state index in [9.17, 15) is 4.79 Å². The molecule has 0 aliphatic heterocycles. The first-order valence-electron chi connectivity index (χ1n) is 7.88. The maximum atomic E-state index is 12.3. The van der Waals surface area contributed by atoms with Gasteiger partial charge < -0.3 is 10.6 Å². The standard InChI is InChI=1S/C19H17ClN4O/c20-15-6-8-16(9-7-15)23-18(25)17-11-13-22-19(24-17)21-12-10-14-4-2-1-3-5-14/h1-9,11,13H,10,12H2,(H,23,25)(H,21,22,24). The number of carbonyl (C=O) groups is 1. The molecule has 0 aliphatic rings. The summed E-state index contributed by atoms with van der Waals surface area (Å²) < 4.78 is 0. The van der Waals surface area contributed by atoms with Crippen LogP contribution in [0.25, 0.3) is 0 Å². The number of benzene rings is 2. The summed E-state index contributed by atoms with van der Waals surface area (Å²) in [5, 5.41) is 6.53. The third-order valence-electron chi connectivity index (χ3n) is 3.53. The van der Waals surface area contributed by atoms with Gasteiger partial charge >= 0.3 is 0 Å². The van der Waals surface area contributed by atoms with Crippen molar-refractivity contribution < 1.29 is 4.79 Å². The highest BCUT2D eigenvalue weighted by Crippen LogP contribution is 2.14. The summed E-state index contributed by atoms with van der Waals surface area (Å²) in [6.07, 6.45) is 2.42. The number of nitrogens with one attached hydrogen (secondary N) is 2. The third-order valence-corrected chi connectivity index (χ3v) is 3.78. The lowest BCUT2D eigenvalue weighted by molar-refractivity contribution is 0.102. The Morgan fingerprint density at radius 1 is 1.00 bits per heavy atom. The molecule has 25 heavy (non-hydrogen) atoms. The Balaban J connectivity index is 1.58. The maximum absolute atomic E-state index is 12.3. The van der Waals surface area contributed by atoms with Crippen LogP contribution in [-0.4, -0.2) is 22.4 Å². The second-order valence-electron chi connectivity index (χ2n) is 5.39. The van der Waals surface area contributed by atoms with Crippen molar-refractivity contribution in [2.75, 3.05) is 17.2 Å². The average Bonchev–Trinajstić information content (AvgIpc) is 2.65. The van der Waals surface area contributed by atoms with Gasteiger partial charge in [-0.1, -0.05) is 41.9 Å². The molecule has 0 atom stereocenters. The summed E-state index contributed by atoms with van der Waals surface area (Å²) in [5.41, 5.74) is 2.19. The minimum atomic E-state index is -0.296. The summed E-state index contributed by atoms with van der Waals surface area (Å²) >= 11 is 5.84. The molecule has 2 aromatic carbocycles. The van der Waals surface area contributed by atoms with Gasteiger partial charge in [0.25, 0.3) is 5.91 Å². The van der Waals surface area contributed by atoms with E-state index in [0.29, 0.717) is 28.9 Å². The van der Waals surface area contributed by atoms with E-state index in [-0.39, 0.29) is 5.91 Å². The zero-order valence-electron chi connectivity index (χ0n) is 13.4. The molecule has 0 saturated carbocycles. The first-order valence-corrected chi connectivity index (χ1v) is 8.26. The predicted molar refractivity (Wildman–Crippen MR) is 100 cm³/mol. The van der Waals surface area contributed by atoms with Crippen LogP contribution < -0.4 is 10.6 Å². The normalized spacial score (nSPS) is 10.3. The molecule has 0 spiro atoms. The van der Waals surface area contributed by atoms with Gasteiger partial charge in [0.15, 0.2) is 0 Å². The average molecular weight is 353 g/mol. The smallest absolute Gasteiger partial charge is 0.274 e. The van der Waals surface area contributed by atoms with Crippen molar-refractivity contribution in [2.24, 2.45) is 0 Å². The number of hydrogen-bond donors (Lipinski definition) is 2. The molecule has 0 saturated heterocycles. The van der Waals surface area contributed by atoms with Crippen molar-refractivity contribution in [2.45, 2.75) is 6.42 Å². The monoisotopic (exact) mass is 352 g/mol. The van der Waals surface area contributed by atoms with E-state index in [0.717, 1.165) is 6.42 Å². The molecule has 1 amide bonds. The molecule has 5 nitrogen and oxygen atoms in total. The van der Waals surface area contributed by atoms with Crippen LogP contribution in [0.3, 0.4) is 0 Å². The first kappa shape index (κ1) is 16.9. The van der Waals surface area contributed by atoms with Gasteiger partial charge in [0.05, 0.1) is 0 Å². The fourth-order valence-electron chi connectivity index (χ4n) is 2.26. The Kier molecular flexibility index (Phi) is 5.59. The van der Waals surface area contributed by atoms with Gasteiger partial charge in [-0.25, -0.2) is 9.97 Å². The lowest BCUT2D eigenvalue weighted by Gasteiger charge is -2.07. The maximum Gasteiger partial charge on any atom is 0.274 e. The van der Waals surface area contributed by atoms with Gasteiger partial charge in [0.2, 0.25) is 5.95 Å². The summed E-state index contributed by atoms with van der Waals surface area (Å²) in [7, 11) is 0. The van der Waals surface area contributed by atoms with Crippen LogP contribution >= 0.6 is 11.6 Å². The second kappa shape index (κ2) is 8.26. The zero-order chi connectivity index (χ0) is 17.5. The molecular formula is C19H17ClN4O. The Labute approximate surface area is 151 Å². The minimum absolute atomic E-state index is 0.296. The van der Waals surface area contributed by atoms with E-state index in [1.165, 1.54) is 5.56 Å². The van der Waals surface area contributed by atoms with Gasteiger partial charge in [-0.05, 0) is 42.3 Å². The molecule has 1 aromatic heterocycles. The van der Waals surface area contributed by atoms with Gasteiger partial charge in [-0.3, -0.25) is 4.79 Å². The number of rotatable bonds is 6. The van der Waals surface area contributed by atoms with E-state index in [2.05, 4.69) is 32.7 Å². The van der Waals surface area contributed by atoms with Crippen molar-refractivity contribution in [1.29, 1.82) is 0 Å². The Hall–Kier alpha value is -2.92. The largest absolute Gasteiger partial charge is 0.354 e. The predicted octanol–water partition coefficient (Wildman–Crippen LogP) is 4.04. The van der Waals surface area contributed by atoms with E-state index < -0.39 is 0 Å². The van der Waals surface area contributed by atoms with Crippen molar-refractivity contribution >= 4 is 29.1 Å². The van der Waals surface area contributed by atoms with E-state index in [1.807, 2.05) is 18.2 Å². The Morgan fingerprint density at radius 3 is 2.52 bits per heavy atom. The van der Waals surface area contributed by atoms with E-state index in [1.54, 1.807) is 36.5 Å². The summed E-state index contributed by atoms with van der Waals surface area (Å²) in [5.74, 6) is 0.135. The van der Waals surface area contributed by atoms with Crippen LogP contribution in [0.4, 0.5) is 11.6 Å². The minimum Gasteiger partial charge on any atom is -0.354 e. The number of carbonyl (C=O) groups excluding carboxylic acids is 1. The van der Waals surface area contributed by atoms with Crippen LogP contribution in [0.1, 0.15) is 16.1 Å². The molecule has 6 heteroatoms. The lowest BCUT2D eigenvalue weighted by Crippen LogP contribution is -2.16. The fraction of sp³-hybridized carbons (Fsp3) is 0.105. The molecule has 2 N–H and O–H groups in total. The van der Waals surface area contributed by atoms with Crippen molar-refractivity contribution in [3.8, 4) is 0 Å². The second-order valence-corrected chi connectivity index (χ2v) is 5.83. The van der Waals surface area contributed by atoms with Gasteiger partial charge in [-0.2, -0.15) is 0 Å². The molecule has 1 heterocycles. The Bertz CT molecular complexity index is 838.